The fourth-order valence-electron chi connectivity index (χ4n) is 1.95. The molecule has 3 aromatic rings. The summed E-state index contributed by atoms with van der Waals surface area (Å²) in [6, 6.07) is 7.77. The van der Waals surface area contributed by atoms with Gasteiger partial charge in [0.2, 0.25) is 0 Å². The number of imidazole rings is 1. The van der Waals surface area contributed by atoms with Crippen LogP contribution in [0.1, 0.15) is 0 Å². The molecule has 0 saturated carbocycles. The van der Waals surface area contributed by atoms with Crippen molar-refractivity contribution in [3.05, 3.63) is 74.2 Å². The van der Waals surface area contributed by atoms with Gasteiger partial charge in [-0.25, -0.2) is 4.98 Å². The first-order valence-electron chi connectivity index (χ1n) is 6.14. The number of ether oxygens (including phenoxy) is 1. The second-order valence-electron chi connectivity index (χ2n) is 4.25. The van der Waals surface area contributed by atoms with Crippen molar-refractivity contribution in [3.63, 3.8) is 0 Å². The van der Waals surface area contributed by atoms with Gasteiger partial charge in [-0.2, -0.15) is 0 Å². The van der Waals surface area contributed by atoms with Crippen LogP contribution in [0, 0.1) is 0 Å². The van der Waals surface area contributed by atoms with Gasteiger partial charge in [-0.1, -0.05) is 13.2 Å². The molecule has 0 aliphatic rings. The number of benzene rings is 1. The van der Waals surface area contributed by atoms with Crippen LogP contribution >= 0.6 is 0 Å². The van der Waals surface area contributed by atoms with Crippen LogP contribution in [-0.2, 0) is 0 Å². The molecule has 0 unspecified atom stereocenters. The minimum Gasteiger partial charge on any atom is -0.457 e. The summed E-state index contributed by atoms with van der Waals surface area (Å²) in [6.45, 7) is 7.39. The molecule has 2 heterocycles. The van der Waals surface area contributed by atoms with Crippen molar-refractivity contribution >= 4 is 10.9 Å². The number of hydrogen-bond donors (Lipinski definition) is 0. The summed E-state index contributed by atoms with van der Waals surface area (Å²) >= 11 is 0. The molecule has 2 aromatic heterocycles. The summed E-state index contributed by atoms with van der Waals surface area (Å²) in [5.41, 5.74) is 1.85. The first kappa shape index (κ1) is 12.2. The van der Waals surface area contributed by atoms with E-state index < -0.39 is 0 Å². The van der Waals surface area contributed by atoms with Gasteiger partial charge < -0.3 is 9.30 Å². The first-order valence-corrected chi connectivity index (χ1v) is 6.14. The predicted octanol–water partition coefficient (Wildman–Crippen LogP) is 3.50. The maximum Gasteiger partial charge on any atom is 0.138 e. The van der Waals surface area contributed by atoms with E-state index >= 15 is 0 Å². The molecular formula is C16H13N3O. The van der Waals surface area contributed by atoms with Gasteiger partial charge in [0.1, 0.15) is 11.5 Å². The molecule has 3 rings (SSSR count). The van der Waals surface area contributed by atoms with Crippen LogP contribution < -0.4 is 4.74 Å². The van der Waals surface area contributed by atoms with E-state index in [4.69, 9.17) is 4.74 Å². The summed E-state index contributed by atoms with van der Waals surface area (Å²) in [5.74, 6) is 1.23. The van der Waals surface area contributed by atoms with Crippen molar-refractivity contribution in [3.8, 4) is 11.4 Å². The average Bonchev–Trinajstić information content (AvgIpc) is 3.01. The highest BCUT2D eigenvalue weighted by Gasteiger charge is 2.05. The molecule has 0 bridgehead atoms. The molecule has 0 amide bonds. The second kappa shape index (κ2) is 5.01. The zero-order valence-corrected chi connectivity index (χ0v) is 10.9. The number of pyridine rings is 1. The molecule has 0 spiro atoms. The maximum atomic E-state index is 5.64. The lowest BCUT2D eigenvalue weighted by molar-refractivity contribution is 0.452. The molecule has 0 radical (unpaired) electrons. The minimum absolute atomic E-state index is 0.510. The summed E-state index contributed by atoms with van der Waals surface area (Å²) in [7, 11) is 0. The molecule has 4 nitrogen and oxygen atoms in total. The molecule has 0 N–H and O–H groups in total. The third-order valence-corrected chi connectivity index (χ3v) is 2.96. The van der Waals surface area contributed by atoms with E-state index in [2.05, 4.69) is 23.1 Å². The largest absolute Gasteiger partial charge is 0.457 e. The molecular weight excluding hydrogens is 250 g/mol. The summed E-state index contributed by atoms with van der Waals surface area (Å²) in [4.78, 5) is 8.42. The van der Waals surface area contributed by atoms with Crippen LogP contribution in [0.5, 0.6) is 5.75 Å². The van der Waals surface area contributed by atoms with Crippen molar-refractivity contribution in [2.45, 2.75) is 0 Å². The van der Waals surface area contributed by atoms with E-state index in [0.29, 0.717) is 5.76 Å². The third-order valence-electron chi connectivity index (χ3n) is 2.96. The highest BCUT2D eigenvalue weighted by molar-refractivity contribution is 5.86. The molecule has 0 atom stereocenters. The Morgan fingerprint density at radius 3 is 2.90 bits per heavy atom. The van der Waals surface area contributed by atoms with E-state index in [0.717, 1.165) is 22.3 Å². The zero-order chi connectivity index (χ0) is 13.9. The van der Waals surface area contributed by atoms with Gasteiger partial charge in [-0.15, -0.1) is 0 Å². The van der Waals surface area contributed by atoms with Crippen LogP contribution in [0.4, 0.5) is 0 Å². The van der Waals surface area contributed by atoms with Gasteiger partial charge in [-0.05, 0) is 30.3 Å². The number of nitrogens with zero attached hydrogens (tertiary/aromatic N) is 3. The maximum absolute atomic E-state index is 5.64. The van der Waals surface area contributed by atoms with E-state index in [9.17, 15) is 0 Å². The summed E-state index contributed by atoms with van der Waals surface area (Å²) in [5, 5.41) is 0.930. The Morgan fingerprint density at radius 2 is 2.15 bits per heavy atom. The molecule has 0 aliphatic heterocycles. The van der Waals surface area contributed by atoms with Crippen molar-refractivity contribution in [2.24, 2.45) is 0 Å². The Bertz CT molecular complexity index is 776. The molecule has 1 aromatic carbocycles. The van der Waals surface area contributed by atoms with E-state index in [1.54, 1.807) is 24.8 Å². The lowest BCUT2D eigenvalue weighted by atomic mass is 10.2. The van der Waals surface area contributed by atoms with Crippen molar-refractivity contribution < 1.29 is 4.74 Å². The van der Waals surface area contributed by atoms with Crippen LogP contribution in [0.2, 0.25) is 0 Å². The van der Waals surface area contributed by atoms with Crippen LogP contribution in [-0.4, -0.2) is 14.5 Å². The SMILES string of the molecule is C=CC(=C)Oc1ccnc2cc(-n3ccnc3)ccc12. The first-order chi connectivity index (χ1) is 9.78. The lowest BCUT2D eigenvalue weighted by Crippen LogP contribution is -1.94. The number of aromatic nitrogens is 3. The Kier molecular flexibility index (Phi) is 3.05. The Balaban J connectivity index is 2.08. The van der Waals surface area contributed by atoms with Crippen molar-refractivity contribution in [2.75, 3.05) is 0 Å². The Labute approximate surface area is 116 Å². The topological polar surface area (TPSA) is 39.9 Å². The zero-order valence-electron chi connectivity index (χ0n) is 10.9. The quantitative estimate of drug-likeness (QED) is 0.534. The second-order valence-corrected chi connectivity index (χ2v) is 4.25. The number of fused-ring (bicyclic) bond motifs is 1. The fraction of sp³-hybridized carbons (Fsp3) is 0. The van der Waals surface area contributed by atoms with Gasteiger partial charge in [0.25, 0.3) is 0 Å². The van der Waals surface area contributed by atoms with Gasteiger partial charge >= 0.3 is 0 Å². The van der Waals surface area contributed by atoms with E-state index in [1.807, 2.05) is 35.0 Å². The number of allylic oxidation sites excluding steroid dienone is 1. The third kappa shape index (κ3) is 2.19. The average molecular weight is 263 g/mol. The van der Waals surface area contributed by atoms with Gasteiger partial charge in [0.15, 0.2) is 0 Å². The highest BCUT2D eigenvalue weighted by Crippen LogP contribution is 2.27. The molecule has 4 heteroatoms. The Morgan fingerprint density at radius 1 is 1.25 bits per heavy atom. The van der Waals surface area contributed by atoms with Gasteiger partial charge in [0.05, 0.1) is 11.8 Å². The minimum atomic E-state index is 0.510. The van der Waals surface area contributed by atoms with Crippen LogP contribution in [0.3, 0.4) is 0 Å². The van der Waals surface area contributed by atoms with E-state index in [1.165, 1.54) is 0 Å². The molecule has 0 aliphatic carbocycles. The van der Waals surface area contributed by atoms with Gasteiger partial charge in [0, 0.05) is 29.7 Å². The van der Waals surface area contributed by atoms with Crippen LogP contribution in [0.15, 0.2) is 74.2 Å². The monoisotopic (exact) mass is 263 g/mol. The predicted molar refractivity (Wildman–Crippen MR) is 78.8 cm³/mol. The fourth-order valence-corrected chi connectivity index (χ4v) is 1.95. The van der Waals surface area contributed by atoms with Crippen molar-refractivity contribution in [1.29, 1.82) is 0 Å². The number of rotatable bonds is 4. The number of hydrogen-bond acceptors (Lipinski definition) is 3. The molecule has 98 valence electrons. The lowest BCUT2D eigenvalue weighted by Gasteiger charge is -2.09. The van der Waals surface area contributed by atoms with Gasteiger partial charge in [-0.3, -0.25) is 4.98 Å². The molecule has 0 saturated heterocycles. The molecule has 20 heavy (non-hydrogen) atoms. The smallest absolute Gasteiger partial charge is 0.138 e. The summed E-state index contributed by atoms with van der Waals surface area (Å²) < 4.78 is 7.56. The van der Waals surface area contributed by atoms with Crippen LogP contribution in [0.25, 0.3) is 16.6 Å². The normalized spacial score (nSPS) is 10.4. The standard InChI is InChI=1S/C16H13N3O/c1-3-12(2)20-16-6-7-18-15-10-13(4-5-14(15)16)19-9-8-17-11-19/h3-11H,1-2H2. The summed E-state index contributed by atoms with van der Waals surface area (Å²) in [6.07, 6.45) is 8.67. The van der Waals surface area contributed by atoms with Crippen molar-refractivity contribution in [1.82, 2.24) is 14.5 Å². The highest BCUT2D eigenvalue weighted by atomic mass is 16.5. The molecule has 0 fully saturated rings. The van der Waals surface area contributed by atoms with E-state index in [-0.39, 0.29) is 0 Å². The Hall–Kier alpha value is -2.88.